The fraction of sp³-hybridized carbons (Fsp3) is 0.333. The lowest BCUT2D eigenvalue weighted by Crippen LogP contribution is -2.36. The van der Waals surface area contributed by atoms with Crippen molar-refractivity contribution in [3.63, 3.8) is 0 Å². The van der Waals surface area contributed by atoms with Crippen molar-refractivity contribution < 1.29 is 22.7 Å². The Morgan fingerprint density at radius 3 is 2.40 bits per heavy atom. The molecule has 40 heavy (non-hydrogen) atoms. The Bertz CT molecular complexity index is 1610. The predicted molar refractivity (Wildman–Crippen MR) is 149 cm³/mol. The molecule has 1 fully saturated rings. The van der Waals surface area contributed by atoms with E-state index in [1.165, 1.54) is 6.20 Å². The van der Waals surface area contributed by atoms with E-state index in [2.05, 4.69) is 15.2 Å². The molecule has 2 N–H and O–H groups in total. The lowest BCUT2D eigenvalue weighted by molar-refractivity contribution is -0.139. The number of aromatic amines is 1. The normalized spacial score (nSPS) is 14.1. The first kappa shape index (κ1) is 27.5. The number of hydrogen-bond donors (Lipinski definition) is 2. The van der Waals surface area contributed by atoms with E-state index in [-0.39, 0.29) is 17.7 Å². The second kappa shape index (κ2) is 10.8. The van der Waals surface area contributed by atoms with Crippen molar-refractivity contribution in [2.24, 2.45) is 0 Å². The van der Waals surface area contributed by atoms with Crippen LogP contribution < -0.4 is 15.8 Å². The number of benzene rings is 2. The summed E-state index contributed by atoms with van der Waals surface area (Å²) in [6, 6.07) is 13.0. The molecule has 0 spiro atoms. The van der Waals surface area contributed by atoms with Crippen LogP contribution in [-0.2, 0) is 17.8 Å². The Kier molecular flexibility index (Phi) is 7.46. The van der Waals surface area contributed by atoms with Crippen LogP contribution in [0.25, 0.3) is 22.0 Å². The average Bonchev–Trinajstić information content (AvgIpc) is 3.31. The van der Waals surface area contributed by atoms with E-state index in [9.17, 15) is 22.8 Å². The van der Waals surface area contributed by atoms with Crippen molar-refractivity contribution in [2.45, 2.75) is 40.0 Å². The quantitative estimate of drug-likeness (QED) is 0.343. The van der Waals surface area contributed by atoms with Gasteiger partial charge < -0.3 is 24.5 Å². The standard InChI is InChI=1S/C30H31F3N4O3/c1-18-14-19(2)35-29(39)26(18)16-34-28(38)24-15-25(21-4-6-22(7-5-21)36-10-12-40-13-11-36)23-8-9-37(17-30(31,32)33)27(23)20(24)3/h4-9,14-15H,10-13,16-17H2,1-3H3,(H,34,38)(H,35,39). The van der Waals surface area contributed by atoms with Gasteiger partial charge in [0.25, 0.3) is 11.5 Å². The molecule has 3 heterocycles. The molecule has 10 heteroatoms. The van der Waals surface area contributed by atoms with E-state index in [0.29, 0.717) is 46.5 Å². The zero-order valence-corrected chi connectivity index (χ0v) is 22.6. The Morgan fingerprint density at radius 2 is 1.75 bits per heavy atom. The largest absolute Gasteiger partial charge is 0.406 e. The summed E-state index contributed by atoms with van der Waals surface area (Å²) < 4.78 is 46.9. The number of amides is 1. The number of nitrogens with one attached hydrogen (secondary N) is 2. The van der Waals surface area contributed by atoms with Crippen LogP contribution in [0, 0.1) is 20.8 Å². The van der Waals surface area contributed by atoms with Gasteiger partial charge in [0, 0.05) is 53.7 Å². The van der Waals surface area contributed by atoms with Crippen molar-refractivity contribution in [3.8, 4) is 11.1 Å². The number of nitrogens with zero attached hydrogens (tertiary/aromatic N) is 2. The molecule has 0 saturated carbocycles. The predicted octanol–water partition coefficient (Wildman–Crippen LogP) is 5.25. The number of aryl methyl sites for hydroxylation is 3. The Morgan fingerprint density at radius 1 is 1.05 bits per heavy atom. The van der Waals surface area contributed by atoms with Crippen LogP contribution in [0.15, 0.2) is 53.5 Å². The summed E-state index contributed by atoms with van der Waals surface area (Å²) in [6.45, 7) is 6.91. The molecule has 2 aromatic carbocycles. The highest BCUT2D eigenvalue weighted by atomic mass is 19.4. The van der Waals surface area contributed by atoms with Crippen LogP contribution in [0.5, 0.6) is 0 Å². The fourth-order valence-electron chi connectivity index (χ4n) is 5.40. The van der Waals surface area contributed by atoms with Gasteiger partial charge in [0.05, 0.1) is 18.7 Å². The number of rotatable bonds is 6. The summed E-state index contributed by atoms with van der Waals surface area (Å²) in [4.78, 5) is 30.9. The van der Waals surface area contributed by atoms with Crippen molar-refractivity contribution in [1.82, 2.24) is 14.9 Å². The molecule has 0 atom stereocenters. The summed E-state index contributed by atoms with van der Waals surface area (Å²) in [6.07, 6.45) is -3.02. The van der Waals surface area contributed by atoms with Gasteiger partial charge in [-0.25, -0.2) is 0 Å². The molecular formula is C30H31F3N4O3. The van der Waals surface area contributed by atoms with Crippen LogP contribution >= 0.6 is 0 Å². The Labute approximate surface area is 229 Å². The van der Waals surface area contributed by atoms with Crippen LogP contribution in [0.3, 0.4) is 0 Å². The summed E-state index contributed by atoms with van der Waals surface area (Å²) in [7, 11) is 0. The van der Waals surface area contributed by atoms with Gasteiger partial charge in [0.1, 0.15) is 6.54 Å². The fourth-order valence-corrected chi connectivity index (χ4v) is 5.40. The Balaban J connectivity index is 1.55. The lowest BCUT2D eigenvalue weighted by atomic mass is 9.94. The molecule has 0 unspecified atom stereocenters. The zero-order chi connectivity index (χ0) is 28.6. The number of alkyl halides is 3. The monoisotopic (exact) mass is 552 g/mol. The van der Waals surface area contributed by atoms with Crippen molar-refractivity contribution >= 4 is 22.5 Å². The molecule has 0 radical (unpaired) electrons. The molecular weight excluding hydrogens is 521 g/mol. The number of anilines is 1. The number of pyridine rings is 1. The molecule has 1 saturated heterocycles. The van der Waals surface area contributed by atoms with Gasteiger partial charge in [-0.05, 0) is 73.4 Å². The van der Waals surface area contributed by atoms with Crippen molar-refractivity contribution in [2.75, 3.05) is 31.2 Å². The highest BCUT2D eigenvalue weighted by molar-refractivity contribution is 6.06. The van der Waals surface area contributed by atoms with E-state index in [0.717, 1.165) is 34.5 Å². The molecule has 210 valence electrons. The van der Waals surface area contributed by atoms with Gasteiger partial charge in [-0.3, -0.25) is 9.59 Å². The molecule has 2 aromatic heterocycles. The maximum atomic E-state index is 13.5. The third-order valence-corrected chi connectivity index (χ3v) is 7.37. The lowest BCUT2D eigenvalue weighted by Gasteiger charge is -2.29. The minimum Gasteiger partial charge on any atom is -0.378 e. The number of carbonyl (C=O) groups is 1. The summed E-state index contributed by atoms with van der Waals surface area (Å²) in [5.41, 5.74) is 5.11. The number of halogens is 3. The number of carbonyl (C=O) groups excluding carboxylic acids is 1. The van der Waals surface area contributed by atoms with Crippen LogP contribution in [-0.4, -0.2) is 47.9 Å². The first-order chi connectivity index (χ1) is 19.0. The maximum absolute atomic E-state index is 13.5. The number of aromatic nitrogens is 2. The molecule has 1 aliphatic heterocycles. The highest BCUT2D eigenvalue weighted by Crippen LogP contribution is 2.36. The van der Waals surface area contributed by atoms with Crippen molar-refractivity contribution in [3.05, 3.63) is 87.0 Å². The summed E-state index contributed by atoms with van der Waals surface area (Å²) in [5.74, 6) is -0.468. The minimum atomic E-state index is -4.43. The maximum Gasteiger partial charge on any atom is 0.406 e. The average molecular weight is 553 g/mol. The summed E-state index contributed by atoms with van der Waals surface area (Å²) in [5, 5.41) is 3.43. The second-order valence-electron chi connectivity index (χ2n) is 10.2. The number of morpholine rings is 1. The van der Waals surface area contributed by atoms with E-state index < -0.39 is 18.6 Å². The number of fused-ring (bicyclic) bond motifs is 1. The smallest absolute Gasteiger partial charge is 0.378 e. The van der Waals surface area contributed by atoms with Gasteiger partial charge in [0.2, 0.25) is 0 Å². The molecule has 1 aliphatic rings. The molecule has 5 rings (SSSR count). The molecule has 0 bridgehead atoms. The first-order valence-corrected chi connectivity index (χ1v) is 13.1. The Hall–Kier alpha value is -4.05. The zero-order valence-electron chi connectivity index (χ0n) is 22.6. The number of ether oxygens (including phenoxy) is 1. The third-order valence-electron chi connectivity index (χ3n) is 7.37. The van der Waals surface area contributed by atoms with Crippen LogP contribution in [0.1, 0.15) is 32.7 Å². The van der Waals surface area contributed by atoms with E-state index in [1.807, 2.05) is 30.3 Å². The molecule has 7 nitrogen and oxygen atoms in total. The highest BCUT2D eigenvalue weighted by Gasteiger charge is 2.29. The van der Waals surface area contributed by atoms with Crippen LogP contribution in [0.2, 0.25) is 0 Å². The van der Waals surface area contributed by atoms with E-state index in [4.69, 9.17) is 4.74 Å². The van der Waals surface area contributed by atoms with Gasteiger partial charge in [-0.1, -0.05) is 12.1 Å². The summed E-state index contributed by atoms with van der Waals surface area (Å²) >= 11 is 0. The topological polar surface area (TPSA) is 79.4 Å². The van der Waals surface area contributed by atoms with Gasteiger partial charge in [-0.2, -0.15) is 13.2 Å². The molecule has 0 aliphatic carbocycles. The third kappa shape index (κ3) is 5.62. The van der Waals surface area contributed by atoms with Gasteiger partial charge in [-0.15, -0.1) is 0 Å². The van der Waals surface area contributed by atoms with Gasteiger partial charge >= 0.3 is 6.18 Å². The number of hydrogen-bond acceptors (Lipinski definition) is 4. The second-order valence-corrected chi connectivity index (χ2v) is 10.2. The van der Waals surface area contributed by atoms with E-state index >= 15 is 0 Å². The first-order valence-electron chi connectivity index (χ1n) is 13.1. The van der Waals surface area contributed by atoms with E-state index in [1.54, 1.807) is 32.9 Å². The molecule has 4 aromatic rings. The number of H-pyrrole nitrogens is 1. The van der Waals surface area contributed by atoms with Gasteiger partial charge in [0.15, 0.2) is 0 Å². The van der Waals surface area contributed by atoms with Crippen molar-refractivity contribution in [1.29, 1.82) is 0 Å². The SMILES string of the molecule is Cc1cc(C)c(CNC(=O)c2cc(-c3ccc(N4CCOCC4)cc3)c3ccn(CC(F)(F)F)c3c2C)c(=O)[nH]1. The minimum absolute atomic E-state index is 0.00903. The molecule has 1 amide bonds. The van der Waals surface area contributed by atoms with Crippen LogP contribution in [0.4, 0.5) is 18.9 Å².